The molecular formula is C22H29BrN2O8S. The minimum absolute atomic E-state index is 0.0654. The summed E-state index contributed by atoms with van der Waals surface area (Å²) in [6.07, 6.45) is 4.25. The number of halogens is 1. The molecule has 3 fully saturated rings. The van der Waals surface area contributed by atoms with E-state index in [4.69, 9.17) is 10.5 Å². The summed E-state index contributed by atoms with van der Waals surface area (Å²) in [5.74, 6) is -1.09. The average molecular weight is 561 g/mol. The number of anilines is 1. The lowest BCUT2D eigenvalue weighted by atomic mass is 10.0. The van der Waals surface area contributed by atoms with Crippen molar-refractivity contribution in [1.29, 1.82) is 0 Å². The van der Waals surface area contributed by atoms with E-state index in [1.807, 2.05) is 5.38 Å². The van der Waals surface area contributed by atoms with Gasteiger partial charge in [0.15, 0.2) is 10.9 Å². The Hall–Kier alpha value is -2.34. The van der Waals surface area contributed by atoms with Crippen LogP contribution in [0.25, 0.3) is 0 Å². The summed E-state index contributed by atoms with van der Waals surface area (Å²) in [5, 5.41) is 2.58. The molecule has 3 aliphatic carbocycles. The van der Waals surface area contributed by atoms with Crippen LogP contribution in [0.4, 0.5) is 5.13 Å². The Labute approximate surface area is 210 Å². The lowest BCUT2D eigenvalue weighted by Crippen LogP contribution is -2.27. The fourth-order valence-corrected chi connectivity index (χ4v) is 4.66. The molecule has 0 radical (unpaired) electrons. The van der Waals surface area contributed by atoms with Gasteiger partial charge in [-0.3, -0.25) is 24.0 Å². The van der Waals surface area contributed by atoms with E-state index < -0.39 is 16.2 Å². The second-order valence-corrected chi connectivity index (χ2v) is 9.86. The highest BCUT2D eigenvalue weighted by Crippen LogP contribution is 2.49. The number of thiazole rings is 1. The number of hydrogen-bond acceptors (Lipinski definition) is 11. The first-order valence-corrected chi connectivity index (χ1v) is 12.6. The van der Waals surface area contributed by atoms with E-state index in [0.717, 1.165) is 18.5 Å². The molecule has 2 N–H and O–H groups in total. The third kappa shape index (κ3) is 5.65. The van der Waals surface area contributed by atoms with Crippen LogP contribution < -0.4 is 5.73 Å². The number of Topliss-reactive ketones (excluding diaryl/α,β-unsaturated/α-hetero) is 2. The molecule has 1 aromatic heterocycles. The first-order chi connectivity index (χ1) is 16.0. The molecule has 34 heavy (non-hydrogen) atoms. The molecule has 0 unspecified atom stereocenters. The molecule has 1 aromatic rings. The van der Waals surface area contributed by atoms with Crippen LogP contribution in [-0.2, 0) is 43.6 Å². The summed E-state index contributed by atoms with van der Waals surface area (Å²) in [7, 11) is 4.02. The topological polar surface area (TPSA) is 152 Å². The van der Waals surface area contributed by atoms with Crippen LogP contribution >= 0.6 is 27.3 Å². The van der Waals surface area contributed by atoms with Gasteiger partial charge >= 0.3 is 17.9 Å². The van der Waals surface area contributed by atoms with Crippen molar-refractivity contribution >= 4 is 61.9 Å². The highest BCUT2D eigenvalue weighted by atomic mass is 79.9. The molecule has 3 aliphatic rings. The molecule has 0 aromatic carbocycles. The third-order valence-electron chi connectivity index (χ3n) is 6.32. The van der Waals surface area contributed by atoms with Crippen LogP contribution in [0.3, 0.4) is 0 Å². The standard InChI is InChI=1S/C8H10N2O2S.C7H9BrO3.C7H10O3/c1-12-6(11)8(2-3-8)5-4-13-7(9)10-5;1-11-6(10)7(2-3-7)5(9)4-8;1-5(8)7(3-4-7)6(9)10-2/h4H,2-3H2,1H3,(H2,9,10);2-4H2,1H3;3-4H2,1-2H3. The van der Waals surface area contributed by atoms with Crippen molar-refractivity contribution in [2.45, 2.75) is 50.9 Å². The van der Waals surface area contributed by atoms with E-state index in [9.17, 15) is 24.0 Å². The summed E-state index contributed by atoms with van der Waals surface area (Å²) >= 11 is 4.39. The molecule has 0 atom stereocenters. The Morgan fingerprint density at radius 1 is 0.912 bits per heavy atom. The molecule has 0 aliphatic heterocycles. The average Bonchev–Trinajstić information content (AvgIpc) is 3.73. The van der Waals surface area contributed by atoms with Gasteiger partial charge in [-0.05, 0) is 45.4 Å². The number of methoxy groups -OCH3 is 3. The van der Waals surface area contributed by atoms with Crippen LogP contribution in [0.15, 0.2) is 5.38 Å². The number of aromatic nitrogens is 1. The minimum atomic E-state index is -0.780. The molecule has 0 spiro atoms. The number of esters is 3. The minimum Gasteiger partial charge on any atom is -0.468 e. The van der Waals surface area contributed by atoms with Gasteiger partial charge in [0.05, 0.1) is 32.4 Å². The van der Waals surface area contributed by atoms with Gasteiger partial charge in [-0.25, -0.2) is 4.98 Å². The Balaban J connectivity index is 0.000000182. The number of hydrogen-bond donors (Lipinski definition) is 1. The van der Waals surface area contributed by atoms with E-state index >= 15 is 0 Å². The number of nitrogen functional groups attached to an aromatic ring is 1. The van der Waals surface area contributed by atoms with E-state index in [1.54, 1.807) is 0 Å². The van der Waals surface area contributed by atoms with Gasteiger partial charge in [0.25, 0.3) is 0 Å². The smallest absolute Gasteiger partial charge is 0.319 e. The number of carbonyl (C=O) groups is 5. The highest BCUT2D eigenvalue weighted by Gasteiger charge is 2.57. The number of ketones is 2. The molecule has 188 valence electrons. The third-order valence-corrected chi connectivity index (χ3v) is 7.50. The SMILES string of the molecule is COC(=O)C1(C(=O)CBr)CC1.COC(=O)C1(C(C)=O)CC1.COC(=O)C1(c2csc(N)n2)CC1. The van der Waals surface area contributed by atoms with Crippen LogP contribution in [0.2, 0.25) is 0 Å². The summed E-state index contributed by atoms with van der Waals surface area (Å²) in [6, 6.07) is 0. The molecule has 0 bridgehead atoms. The number of ether oxygens (including phenoxy) is 3. The van der Waals surface area contributed by atoms with Crippen molar-refractivity contribution in [3.8, 4) is 0 Å². The van der Waals surface area contributed by atoms with Gasteiger partial charge in [0.1, 0.15) is 22.0 Å². The largest absolute Gasteiger partial charge is 0.468 e. The zero-order chi connectivity index (χ0) is 25.7. The fourth-order valence-electron chi connectivity index (χ4n) is 3.46. The second kappa shape index (κ2) is 10.9. The molecule has 12 heteroatoms. The number of alkyl halides is 1. The number of rotatable bonds is 7. The van der Waals surface area contributed by atoms with Gasteiger partial charge in [0, 0.05) is 5.38 Å². The van der Waals surface area contributed by atoms with E-state index in [0.29, 0.717) is 30.8 Å². The van der Waals surface area contributed by atoms with Gasteiger partial charge < -0.3 is 19.9 Å². The van der Waals surface area contributed by atoms with Crippen molar-refractivity contribution < 1.29 is 38.2 Å². The molecule has 3 saturated carbocycles. The molecule has 4 rings (SSSR count). The van der Waals surface area contributed by atoms with E-state index in [-0.39, 0.29) is 34.8 Å². The predicted molar refractivity (Wildman–Crippen MR) is 126 cm³/mol. The van der Waals surface area contributed by atoms with Crippen molar-refractivity contribution in [1.82, 2.24) is 4.98 Å². The predicted octanol–water partition coefficient (Wildman–Crippen LogP) is 2.36. The van der Waals surface area contributed by atoms with Crippen LogP contribution in [0.5, 0.6) is 0 Å². The van der Waals surface area contributed by atoms with Crippen LogP contribution in [-0.4, -0.2) is 61.1 Å². The Kier molecular flexibility index (Phi) is 8.98. The first kappa shape index (κ1) is 27.9. The van der Waals surface area contributed by atoms with Gasteiger partial charge in [-0.2, -0.15) is 0 Å². The molecule has 0 amide bonds. The summed E-state index contributed by atoms with van der Waals surface area (Å²) in [6.45, 7) is 1.43. The van der Waals surface area contributed by atoms with Gasteiger partial charge in [-0.1, -0.05) is 15.9 Å². The molecule has 1 heterocycles. The number of carbonyl (C=O) groups excluding carboxylic acids is 5. The monoisotopic (exact) mass is 560 g/mol. The zero-order valence-corrected chi connectivity index (χ0v) is 22.0. The molecular weight excluding hydrogens is 532 g/mol. The van der Waals surface area contributed by atoms with E-state index in [1.165, 1.54) is 39.6 Å². The van der Waals surface area contributed by atoms with E-state index in [2.05, 4.69) is 30.4 Å². The van der Waals surface area contributed by atoms with Crippen LogP contribution in [0.1, 0.15) is 51.1 Å². The van der Waals surface area contributed by atoms with Crippen molar-refractivity contribution in [2.75, 3.05) is 32.4 Å². The maximum absolute atomic E-state index is 11.4. The van der Waals surface area contributed by atoms with Crippen molar-refractivity contribution in [2.24, 2.45) is 10.8 Å². The fraction of sp³-hybridized carbons (Fsp3) is 0.636. The number of nitrogens with zero attached hydrogens (tertiary/aromatic N) is 1. The Morgan fingerprint density at radius 3 is 1.65 bits per heavy atom. The van der Waals surface area contributed by atoms with Crippen LogP contribution in [0, 0.1) is 10.8 Å². The van der Waals surface area contributed by atoms with Gasteiger partial charge in [-0.15, -0.1) is 11.3 Å². The Bertz CT molecular complexity index is 946. The summed E-state index contributed by atoms with van der Waals surface area (Å²) in [5.41, 5.74) is 4.28. The number of nitrogens with two attached hydrogens (primary N) is 1. The lowest BCUT2D eigenvalue weighted by Gasteiger charge is -2.08. The first-order valence-electron chi connectivity index (χ1n) is 10.6. The van der Waals surface area contributed by atoms with Crippen molar-refractivity contribution in [3.05, 3.63) is 11.1 Å². The summed E-state index contributed by atoms with van der Waals surface area (Å²) < 4.78 is 13.7. The maximum atomic E-state index is 11.4. The molecule has 0 saturated heterocycles. The van der Waals surface area contributed by atoms with Crippen molar-refractivity contribution in [3.63, 3.8) is 0 Å². The lowest BCUT2D eigenvalue weighted by molar-refractivity contribution is -0.152. The zero-order valence-electron chi connectivity index (χ0n) is 19.6. The quantitative estimate of drug-likeness (QED) is 0.227. The Morgan fingerprint density at radius 2 is 1.38 bits per heavy atom. The normalized spacial score (nSPS) is 19.0. The second-order valence-electron chi connectivity index (χ2n) is 8.41. The highest BCUT2D eigenvalue weighted by molar-refractivity contribution is 9.09. The molecule has 10 nitrogen and oxygen atoms in total. The summed E-state index contributed by atoms with van der Waals surface area (Å²) in [4.78, 5) is 59.4. The van der Waals surface area contributed by atoms with Gasteiger partial charge in [0.2, 0.25) is 0 Å². The maximum Gasteiger partial charge on any atom is 0.319 e.